The van der Waals surface area contributed by atoms with Gasteiger partial charge in [-0.25, -0.2) is 0 Å². The highest BCUT2D eigenvalue weighted by atomic mass is 16.1. The van der Waals surface area contributed by atoms with Crippen LogP contribution in [0, 0.1) is 5.92 Å². The highest BCUT2D eigenvalue weighted by Crippen LogP contribution is 2.26. The monoisotopic (exact) mass is 255 g/mol. The number of rotatable bonds is 2. The summed E-state index contributed by atoms with van der Waals surface area (Å²) in [6.45, 7) is 0. The Morgan fingerprint density at radius 2 is 2.16 bits per heavy atom. The summed E-state index contributed by atoms with van der Waals surface area (Å²) in [6.07, 6.45) is 6.20. The van der Waals surface area contributed by atoms with Gasteiger partial charge in [-0.15, -0.1) is 0 Å². The molecule has 1 fully saturated rings. The summed E-state index contributed by atoms with van der Waals surface area (Å²) in [5.41, 5.74) is 6.68. The lowest BCUT2D eigenvalue weighted by atomic mass is 10.1. The van der Waals surface area contributed by atoms with Crippen LogP contribution in [0.15, 0.2) is 36.7 Å². The molecule has 0 spiro atoms. The van der Waals surface area contributed by atoms with E-state index in [9.17, 15) is 4.79 Å². The van der Waals surface area contributed by atoms with E-state index in [1.165, 1.54) is 0 Å². The van der Waals surface area contributed by atoms with E-state index in [4.69, 9.17) is 5.73 Å². The fourth-order valence-electron chi connectivity index (χ4n) is 2.66. The van der Waals surface area contributed by atoms with Crippen molar-refractivity contribution in [3.05, 3.63) is 36.7 Å². The zero-order chi connectivity index (χ0) is 13.2. The molecule has 1 saturated carbocycles. The Bertz CT molecular complexity index is 611. The van der Waals surface area contributed by atoms with Crippen LogP contribution >= 0.6 is 0 Å². The van der Waals surface area contributed by atoms with Crippen molar-refractivity contribution in [2.45, 2.75) is 25.3 Å². The molecule has 3 rings (SSSR count). The number of amides is 1. The molecule has 1 aliphatic carbocycles. The summed E-state index contributed by atoms with van der Waals surface area (Å²) in [4.78, 5) is 16.2. The second kappa shape index (κ2) is 4.97. The Labute approximate surface area is 112 Å². The zero-order valence-corrected chi connectivity index (χ0v) is 10.7. The Morgan fingerprint density at radius 1 is 1.26 bits per heavy atom. The van der Waals surface area contributed by atoms with Gasteiger partial charge < -0.3 is 11.1 Å². The van der Waals surface area contributed by atoms with Crippen LogP contribution in [0.1, 0.15) is 19.3 Å². The predicted molar refractivity (Wildman–Crippen MR) is 75.7 cm³/mol. The number of nitrogens with zero attached hydrogens (tertiary/aromatic N) is 1. The molecule has 2 atom stereocenters. The van der Waals surface area contributed by atoms with Crippen molar-refractivity contribution in [1.82, 2.24) is 4.98 Å². The predicted octanol–water partition coefficient (Wildman–Crippen LogP) is 2.30. The number of carbonyl (C=O) groups is 1. The molecule has 3 N–H and O–H groups in total. The minimum atomic E-state index is 0.0585. The molecule has 1 aromatic heterocycles. The van der Waals surface area contributed by atoms with Crippen molar-refractivity contribution in [3.63, 3.8) is 0 Å². The van der Waals surface area contributed by atoms with Crippen molar-refractivity contribution in [3.8, 4) is 0 Å². The molecule has 0 radical (unpaired) electrons. The number of anilines is 1. The third kappa shape index (κ3) is 2.58. The molecule has 0 aliphatic heterocycles. The molecule has 0 bridgehead atoms. The van der Waals surface area contributed by atoms with Crippen molar-refractivity contribution in [2.75, 3.05) is 5.32 Å². The van der Waals surface area contributed by atoms with Gasteiger partial charge in [-0.05, 0) is 42.8 Å². The maximum Gasteiger partial charge on any atom is 0.227 e. The summed E-state index contributed by atoms with van der Waals surface area (Å²) in [5.74, 6) is 0.143. The van der Waals surface area contributed by atoms with Gasteiger partial charge in [-0.1, -0.05) is 6.07 Å². The molecule has 1 aliphatic rings. The number of nitrogens with one attached hydrogen (secondary N) is 1. The van der Waals surface area contributed by atoms with Crippen LogP contribution in [-0.2, 0) is 4.79 Å². The number of hydrogen-bond acceptors (Lipinski definition) is 3. The van der Waals surface area contributed by atoms with Gasteiger partial charge in [0.25, 0.3) is 0 Å². The second-order valence-electron chi connectivity index (χ2n) is 5.20. The number of benzene rings is 1. The number of nitrogens with two attached hydrogens (primary N) is 1. The molecule has 1 amide bonds. The van der Waals surface area contributed by atoms with Gasteiger partial charge in [0.2, 0.25) is 5.91 Å². The second-order valence-corrected chi connectivity index (χ2v) is 5.20. The molecular weight excluding hydrogens is 238 g/mol. The van der Waals surface area contributed by atoms with Crippen LogP contribution in [0.4, 0.5) is 5.69 Å². The van der Waals surface area contributed by atoms with E-state index in [1.54, 1.807) is 6.20 Å². The first-order valence-electron chi connectivity index (χ1n) is 6.62. The summed E-state index contributed by atoms with van der Waals surface area (Å²) >= 11 is 0. The highest BCUT2D eigenvalue weighted by molar-refractivity contribution is 5.95. The summed E-state index contributed by atoms with van der Waals surface area (Å²) < 4.78 is 0. The van der Waals surface area contributed by atoms with Crippen LogP contribution in [0.25, 0.3) is 10.8 Å². The maximum atomic E-state index is 12.1. The lowest BCUT2D eigenvalue weighted by molar-refractivity contribution is -0.119. The largest absolute Gasteiger partial charge is 0.328 e. The van der Waals surface area contributed by atoms with E-state index in [-0.39, 0.29) is 17.9 Å². The van der Waals surface area contributed by atoms with E-state index < -0.39 is 0 Å². The quantitative estimate of drug-likeness (QED) is 0.865. The van der Waals surface area contributed by atoms with Gasteiger partial charge in [0.05, 0.1) is 0 Å². The number of pyridine rings is 1. The molecule has 1 unspecified atom stereocenters. The van der Waals surface area contributed by atoms with Crippen molar-refractivity contribution in [2.24, 2.45) is 11.7 Å². The van der Waals surface area contributed by atoms with Gasteiger partial charge in [0, 0.05) is 35.4 Å². The molecule has 4 heteroatoms. The summed E-state index contributed by atoms with van der Waals surface area (Å²) in [5, 5.41) is 5.13. The average molecular weight is 255 g/mol. The van der Waals surface area contributed by atoms with Crippen molar-refractivity contribution >= 4 is 22.4 Å². The molecule has 4 nitrogen and oxygen atoms in total. The normalized spacial score (nSPS) is 22.6. The Hall–Kier alpha value is -1.94. The highest BCUT2D eigenvalue weighted by Gasteiger charge is 2.27. The Morgan fingerprint density at radius 3 is 2.95 bits per heavy atom. The molecule has 19 heavy (non-hydrogen) atoms. The summed E-state index contributed by atoms with van der Waals surface area (Å²) in [7, 11) is 0. The van der Waals surface area contributed by atoms with E-state index >= 15 is 0 Å². The first-order valence-corrected chi connectivity index (χ1v) is 6.62. The van der Waals surface area contributed by atoms with Crippen LogP contribution in [-0.4, -0.2) is 16.9 Å². The third-order valence-electron chi connectivity index (χ3n) is 3.75. The molecular formula is C15H17N3O. The molecule has 98 valence electrons. The lowest BCUT2D eigenvalue weighted by Crippen LogP contribution is -2.23. The first kappa shape index (κ1) is 12.1. The standard InChI is InChI=1S/C15H17N3O/c16-13-3-1-11(7-13)15(19)18-14-4-2-12-9-17-6-5-10(12)8-14/h2,4-6,8-9,11,13H,1,3,7,16H2,(H,18,19)/t11?,13-/m1/s1. The number of fused-ring (bicyclic) bond motifs is 1. The number of carbonyl (C=O) groups excluding carboxylic acids is 1. The molecule has 0 saturated heterocycles. The third-order valence-corrected chi connectivity index (χ3v) is 3.75. The van der Waals surface area contributed by atoms with Crippen molar-refractivity contribution < 1.29 is 4.79 Å². The van der Waals surface area contributed by atoms with E-state index in [0.717, 1.165) is 35.7 Å². The van der Waals surface area contributed by atoms with Gasteiger partial charge >= 0.3 is 0 Å². The molecule has 2 aromatic rings. The number of aromatic nitrogens is 1. The summed E-state index contributed by atoms with van der Waals surface area (Å²) in [6, 6.07) is 7.98. The van der Waals surface area contributed by atoms with E-state index in [0.29, 0.717) is 0 Å². The van der Waals surface area contributed by atoms with Crippen LogP contribution in [0.2, 0.25) is 0 Å². The van der Waals surface area contributed by atoms with Crippen LogP contribution in [0.5, 0.6) is 0 Å². The van der Waals surface area contributed by atoms with Crippen molar-refractivity contribution in [1.29, 1.82) is 0 Å². The van der Waals surface area contributed by atoms with E-state index in [2.05, 4.69) is 10.3 Å². The minimum absolute atomic E-state index is 0.0585. The van der Waals surface area contributed by atoms with Crippen LogP contribution < -0.4 is 11.1 Å². The SMILES string of the molecule is N[C@@H]1CCC(C(=O)Nc2ccc3cnccc3c2)C1. The van der Waals surface area contributed by atoms with Gasteiger partial charge in [-0.2, -0.15) is 0 Å². The minimum Gasteiger partial charge on any atom is -0.328 e. The van der Waals surface area contributed by atoms with Gasteiger partial charge in [0.1, 0.15) is 0 Å². The lowest BCUT2D eigenvalue weighted by Gasteiger charge is -2.11. The number of hydrogen-bond donors (Lipinski definition) is 2. The average Bonchev–Trinajstić information content (AvgIpc) is 2.85. The zero-order valence-electron chi connectivity index (χ0n) is 10.7. The molecule has 1 heterocycles. The topological polar surface area (TPSA) is 68.0 Å². The van der Waals surface area contributed by atoms with Gasteiger partial charge in [0.15, 0.2) is 0 Å². The molecule has 1 aromatic carbocycles. The van der Waals surface area contributed by atoms with Gasteiger partial charge in [-0.3, -0.25) is 9.78 Å². The Balaban J connectivity index is 1.76. The first-order chi connectivity index (χ1) is 9.22. The smallest absolute Gasteiger partial charge is 0.227 e. The van der Waals surface area contributed by atoms with Crippen LogP contribution in [0.3, 0.4) is 0 Å². The Kier molecular flexibility index (Phi) is 3.17. The fraction of sp³-hybridized carbons (Fsp3) is 0.333. The fourth-order valence-corrected chi connectivity index (χ4v) is 2.66. The maximum absolute atomic E-state index is 12.1. The van der Waals surface area contributed by atoms with E-state index in [1.807, 2.05) is 30.5 Å².